The molecule has 1 aliphatic heterocycles. The molecule has 0 radical (unpaired) electrons. The summed E-state index contributed by atoms with van der Waals surface area (Å²) in [5.41, 5.74) is 0. The molecule has 0 bridgehead atoms. The van der Waals surface area contributed by atoms with Crippen LogP contribution in [0.2, 0.25) is 0 Å². The average Bonchev–Trinajstić information content (AvgIpc) is 2.40. The third-order valence-electron chi connectivity index (χ3n) is 1.79. The summed E-state index contributed by atoms with van der Waals surface area (Å²) >= 11 is 1.86. The zero-order chi connectivity index (χ0) is 9.73. The highest BCUT2D eigenvalue weighted by molar-refractivity contribution is 7.99. The molecule has 0 aromatic rings. The second kappa shape index (κ2) is 5.02. The predicted molar refractivity (Wildman–Crippen MR) is 57.7 cm³/mol. The fourth-order valence-corrected chi connectivity index (χ4v) is 2.98. The minimum absolute atomic E-state index is 0.0301. The summed E-state index contributed by atoms with van der Waals surface area (Å²) in [6.07, 6.45) is 1.73. The smallest absolute Gasteiger partial charge is 0.173 e. The van der Waals surface area contributed by atoms with Crippen LogP contribution in [0.15, 0.2) is 11.5 Å². The van der Waals surface area contributed by atoms with Gasteiger partial charge in [0.2, 0.25) is 0 Å². The highest BCUT2D eigenvalue weighted by Crippen LogP contribution is 2.07. The van der Waals surface area contributed by atoms with Gasteiger partial charge in [0.05, 0.1) is 5.75 Å². The van der Waals surface area contributed by atoms with Crippen molar-refractivity contribution in [1.82, 2.24) is 5.32 Å². The number of hydrogen-bond donors (Lipinski definition) is 1. The molecule has 1 heterocycles. The average molecular weight is 221 g/mol. The van der Waals surface area contributed by atoms with Crippen molar-refractivity contribution < 1.29 is 8.42 Å². The molecule has 1 aliphatic rings. The molecule has 0 fully saturated rings. The van der Waals surface area contributed by atoms with Crippen molar-refractivity contribution in [3.8, 4) is 0 Å². The molecule has 13 heavy (non-hydrogen) atoms. The zero-order valence-corrected chi connectivity index (χ0v) is 9.33. The van der Waals surface area contributed by atoms with Gasteiger partial charge in [-0.1, -0.05) is 13.0 Å². The van der Waals surface area contributed by atoms with Gasteiger partial charge in [-0.3, -0.25) is 0 Å². The Bertz CT molecular complexity index is 272. The van der Waals surface area contributed by atoms with E-state index in [0.717, 1.165) is 18.1 Å². The summed E-state index contributed by atoms with van der Waals surface area (Å²) in [4.78, 5) is 0. The Morgan fingerprint density at radius 1 is 1.62 bits per heavy atom. The Labute approximate surface area is 83.9 Å². The van der Waals surface area contributed by atoms with Crippen molar-refractivity contribution in [2.24, 2.45) is 0 Å². The van der Waals surface area contributed by atoms with Gasteiger partial charge < -0.3 is 5.32 Å². The van der Waals surface area contributed by atoms with E-state index in [1.807, 2.05) is 11.8 Å². The third-order valence-corrected chi connectivity index (χ3v) is 4.08. The molecule has 1 N–H and O–H groups in total. The quantitative estimate of drug-likeness (QED) is 0.692. The van der Waals surface area contributed by atoms with Crippen LogP contribution in [-0.4, -0.2) is 38.3 Å². The first-order chi connectivity index (χ1) is 6.14. The number of sulfone groups is 1. The number of nitrogens with one attached hydrogen (secondary N) is 1. The standard InChI is InChI=1S/C8H15NO2S2/c1-2-12-5-4-9-8-3-6-13(10,11)7-8/h3,6,8-9H,2,4-5,7H2,1H3. The summed E-state index contributed by atoms with van der Waals surface area (Å²) in [5.74, 6) is 2.38. The van der Waals surface area contributed by atoms with Gasteiger partial charge in [0.15, 0.2) is 9.84 Å². The minimum atomic E-state index is -2.89. The maximum atomic E-state index is 11.0. The highest BCUT2D eigenvalue weighted by atomic mass is 32.2. The van der Waals surface area contributed by atoms with E-state index in [0.29, 0.717) is 0 Å². The molecule has 0 amide bonds. The first-order valence-electron chi connectivity index (χ1n) is 4.36. The van der Waals surface area contributed by atoms with Crippen LogP contribution in [0.3, 0.4) is 0 Å². The van der Waals surface area contributed by atoms with Crippen LogP contribution < -0.4 is 5.32 Å². The Balaban J connectivity index is 2.16. The van der Waals surface area contributed by atoms with Crippen LogP contribution in [0.25, 0.3) is 0 Å². The lowest BCUT2D eigenvalue weighted by atomic mass is 10.3. The topological polar surface area (TPSA) is 46.2 Å². The number of thioether (sulfide) groups is 1. The summed E-state index contributed by atoms with van der Waals surface area (Å²) < 4.78 is 22.0. The predicted octanol–water partition coefficient (Wildman–Crippen LogP) is 0.640. The van der Waals surface area contributed by atoms with Crippen LogP contribution in [0, 0.1) is 0 Å². The van der Waals surface area contributed by atoms with Crippen LogP contribution >= 0.6 is 11.8 Å². The maximum Gasteiger partial charge on any atom is 0.173 e. The minimum Gasteiger partial charge on any atom is -0.309 e. The van der Waals surface area contributed by atoms with Gasteiger partial charge in [-0.2, -0.15) is 11.8 Å². The van der Waals surface area contributed by atoms with Crippen molar-refractivity contribution in [3.63, 3.8) is 0 Å². The van der Waals surface area contributed by atoms with E-state index in [9.17, 15) is 8.42 Å². The largest absolute Gasteiger partial charge is 0.309 e. The molecule has 1 rings (SSSR count). The Kier molecular flexibility index (Phi) is 4.28. The fraction of sp³-hybridized carbons (Fsp3) is 0.750. The van der Waals surface area contributed by atoms with E-state index < -0.39 is 9.84 Å². The molecule has 0 aliphatic carbocycles. The summed E-state index contributed by atoms with van der Waals surface area (Å²) in [5, 5.41) is 4.49. The van der Waals surface area contributed by atoms with E-state index in [2.05, 4.69) is 12.2 Å². The van der Waals surface area contributed by atoms with E-state index in [-0.39, 0.29) is 11.8 Å². The Morgan fingerprint density at radius 3 is 2.92 bits per heavy atom. The molecule has 0 aromatic carbocycles. The first-order valence-corrected chi connectivity index (χ1v) is 7.23. The van der Waals surface area contributed by atoms with E-state index in [4.69, 9.17) is 0 Å². The van der Waals surface area contributed by atoms with Gasteiger partial charge in [0, 0.05) is 23.7 Å². The number of hydrogen-bond acceptors (Lipinski definition) is 4. The molecular weight excluding hydrogens is 206 g/mol. The van der Waals surface area contributed by atoms with Gasteiger partial charge in [-0.05, 0) is 5.75 Å². The lowest BCUT2D eigenvalue weighted by Gasteiger charge is -2.08. The summed E-state index contributed by atoms with van der Waals surface area (Å²) in [6.45, 7) is 2.99. The van der Waals surface area contributed by atoms with E-state index in [1.54, 1.807) is 6.08 Å². The summed E-state index contributed by atoms with van der Waals surface area (Å²) in [6, 6.07) is 0.0301. The second-order valence-electron chi connectivity index (χ2n) is 2.92. The van der Waals surface area contributed by atoms with Crippen molar-refractivity contribution >= 4 is 21.6 Å². The molecule has 0 saturated heterocycles. The van der Waals surface area contributed by atoms with Crippen LogP contribution in [0.4, 0.5) is 0 Å². The lowest BCUT2D eigenvalue weighted by Crippen LogP contribution is -2.31. The zero-order valence-electron chi connectivity index (χ0n) is 7.69. The molecule has 3 nitrogen and oxygen atoms in total. The van der Waals surface area contributed by atoms with Gasteiger partial charge in [0.25, 0.3) is 0 Å². The first kappa shape index (κ1) is 11.1. The Morgan fingerprint density at radius 2 is 2.38 bits per heavy atom. The second-order valence-corrected chi connectivity index (χ2v) is 6.24. The van der Waals surface area contributed by atoms with Crippen molar-refractivity contribution in [2.75, 3.05) is 23.8 Å². The van der Waals surface area contributed by atoms with Gasteiger partial charge in [0.1, 0.15) is 0 Å². The lowest BCUT2D eigenvalue weighted by molar-refractivity contribution is 0.596. The fourth-order valence-electron chi connectivity index (χ4n) is 1.16. The maximum absolute atomic E-state index is 11.0. The molecule has 0 saturated carbocycles. The molecule has 5 heteroatoms. The van der Waals surface area contributed by atoms with Gasteiger partial charge in [-0.15, -0.1) is 0 Å². The molecule has 1 unspecified atom stereocenters. The van der Waals surface area contributed by atoms with Crippen molar-refractivity contribution in [3.05, 3.63) is 11.5 Å². The molecule has 0 aromatic heterocycles. The van der Waals surface area contributed by atoms with E-state index in [1.165, 1.54) is 5.41 Å². The summed E-state index contributed by atoms with van der Waals surface area (Å²) in [7, 11) is -2.89. The van der Waals surface area contributed by atoms with Gasteiger partial charge in [-0.25, -0.2) is 8.42 Å². The monoisotopic (exact) mass is 221 g/mol. The third kappa shape index (κ3) is 4.15. The normalized spacial score (nSPS) is 25.2. The van der Waals surface area contributed by atoms with Crippen LogP contribution in [0.1, 0.15) is 6.92 Å². The van der Waals surface area contributed by atoms with E-state index >= 15 is 0 Å². The van der Waals surface area contributed by atoms with Crippen molar-refractivity contribution in [2.45, 2.75) is 13.0 Å². The SMILES string of the molecule is CCSCCNC1C=CS(=O)(=O)C1. The highest BCUT2D eigenvalue weighted by Gasteiger charge is 2.20. The van der Waals surface area contributed by atoms with Crippen LogP contribution in [-0.2, 0) is 9.84 Å². The molecular formula is C8H15NO2S2. The van der Waals surface area contributed by atoms with Crippen LogP contribution in [0.5, 0.6) is 0 Å². The number of rotatable bonds is 5. The van der Waals surface area contributed by atoms with Crippen molar-refractivity contribution in [1.29, 1.82) is 0 Å². The van der Waals surface area contributed by atoms with Gasteiger partial charge >= 0.3 is 0 Å². The molecule has 1 atom stereocenters. The Hall–Kier alpha value is -0.0000000000000000555. The molecule has 0 spiro atoms. The molecule has 76 valence electrons.